The maximum atomic E-state index is 5.90. The molecule has 0 atom stereocenters. The summed E-state index contributed by atoms with van der Waals surface area (Å²) in [6.45, 7) is 0. The smallest absolute Gasteiger partial charge is 0.161 e. The molecule has 2 aliphatic carbocycles. The van der Waals surface area contributed by atoms with Gasteiger partial charge in [0, 0.05) is 23.2 Å². The van der Waals surface area contributed by atoms with Gasteiger partial charge in [0.15, 0.2) is 5.82 Å². The number of benzene rings is 1. The van der Waals surface area contributed by atoms with Gasteiger partial charge in [0.1, 0.15) is 5.82 Å². The summed E-state index contributed by atoms with van der Waals surface area (Å²) in [6.07, 6.45) is 5.13. The van der Waals surface area contributed by atoms with Crippen LogP contribution in [0.1, 0.15) is 48.8 Å². The Bertz CT molecular complexity index is 610. The minimum absolute atomic E-state index is 0.582. The highest BCUT2D eigenvalue weighted by Gasteiger charge is 2.26. The Morgan fingerprint density at radius 2 is 1.58 bits per heavy atom. The molecule has 19 heavy (non-hydrogen) atoms. The average Bonchev–Trinajstić information content (AvgIpc) is 3.31. The quantitative estimate of drug-likeness (QED) is 0.908. The van der Waals surface area contributed by atoms with E-state index in [1.807, 2.05) is 6.07 Å². The van der Waals surface area contributed by atoms with E-state index in [1.165, 1.54) is 31.2 Å². The molecule has 0 saturated heterocycles. The van der Waals surface area contributed by atoms with Crippen molar-refractivity contribution in [2.24, 2.45) is 0 Å². The maximum absolute atomic E-state index is 5.90. The predicted octanol–water partition coefficient (Wildman–Crippen LogP) is 3.48. The molecular formula is C16H17N3. The molecule has 2 aliphatic rings. The van der Waals surface area contributed by atoms with Crippen molar-refractivity contribution in [1.29, 1.82) is 0 Å². The summed E-state index contributed by atoms with van der Waals surface area (Å²) in [5, 5.41) is 0. The summed E-state index contributed by atoms with van der Waals surface area (Å²) in [5.74, 6) is 2.75. The van der Waals surface area contributed by atoms with Crippen molar-refractivity contribution in [3.63, 3.8) is 0 Å². The lowest BCUT2D eigenvalue weighted by Gasteiger charge is -2.06. The number of aromatic nitrogens is 2. The molecule has 0 aliphatic heterocycles. The Morgan fingerprint density at radius 1 is 0.895 bits per heavy atom. The fourth-order valence-electron chi connectivity index (χ4n) is 2.52. The molecule has 2 N–H and O–H groups in total. The van der Waals surface area contributed by atoms with E-state index in [-0.39, 0.29) is 0 Å². The first kappa shape index (κ1) is 11.0. The van der Waals surface area contributed by atoms with Gasteiger partial charge in [0.25, 0.3) is 0 Å². The van der Waals surface area contributed by atoms with Crippen molar-refractivity contribution >= 4 is 5.82 Å². The van der Waals surface area contributed by atoms with Gasteiger partial charge in [-0.25, -0.2) is 9.97 Å². The van der Waals surface area contributed by atoms with Crippen molar-refractivity contribution < 1.29 is 0 Å². The minimum Gasteiger partial charge on any atom is -0.384 e. The SMILES string of the molecule is Nc1cc(C2CC2)nc(-c2ccc(C3CC3)cc2)n1. The summed E-state index contributed by atoms with van der Waals surface area (Å²) in [6, 6.07) is 10.6. The lowest BCUT2D eigenvalue weighted by Crippen LogP contribution is -1.99. The number of hydrogen-bond acceptors (Lipinski definition) is 3. The molecule has 1 aromatic heterocycles. The van der Waals surface area contributed by atoms with E-state index >= 15 is 0 Å². The van der Waals surface area contributed by atoms with Crippen LogP contribution in [-0.2, 0) is 0 Å². The van der Waals surface area contributed by atoms with Crippen LogP contribution in [0.5, 0.6) is 0 Å². The van der Waals surface area contributed by atoms with Crippen LogP contribution in [0.4, 0.5) is 5.82 Å². The molecule has 2 saturated carbocycles. The molecule has 3 nitrogen and oxygen atoms in total. The van der Waals surface area contributed by atoms with Crippen LogP contribution in [0.25, 0.3) is 11.4 Å². The van der Waals surface area contributed by atoms with E-state index < -0.39 is 0 Å². The molecule has 2 aromatic rings. The molecular weight excluding hydrogens is 234 g/mol. The summed E-state index contributed by atoms with van der Waals surface area (Å²) < 4.78 is 0. The van der Waals surface area contributed by atoms with Gasteiger partial charge in [-0.2, -0.15) is 0 Å². The highest BCUT2D eigenvalue weighted by atomic mass is 15.0. The molecule has 1 aromatic carbocycles. The standard InChI is InChI=1S/C16H17N3/c17-15-9-14(12-5-6-12)18-16(19-15)13-7-3-11(4-8-13)10-1-2-10/h3-4,7-10,12H,1-2,5-6H2,(H2,17,18,19). The monoisotopic (exact) mass is 251 g/mol. The lowest BCUT2D eigenvalue weighted by molar-refractivity contribution is 0.998. The number of hydrogen-bond donors (Lipinski definition) is 1. The predicted molar refractivity (Wildman–Crippen MR) is 75.8 cm³/mol. The Kier molecular flexibility index (Phi) is 2.34. The summed E-state index contributed by atoms with van der Waals surface area (Å²) in [4.78, 5) is 9.04. The van der Waals surface area contributed by atoms with Crippen LogP contribution in [0.2, 0.25) is 0 Å². The number of rotatable bonds is 3. The van der Waals surface area contributed by atoms with Crippen molar-refractivity contribution in [3.05, 3.63) is 41.6 Å². The topological polar surface area (TPSA) is 51.8 Å². The van der Waals surface area contributed by atoms with Crippen LogP contribution in [0, 0.1) is 0 Å². The zero-order valence-electron chi connectivity index (χ0n) is 10.8. The fourth-order valence-corrected chi connectivity index (χ4v) is 2.52. The van der Waals surface area contributed by atoms with Crippen LogP contribution in [0.3, 0.4) is 0 Å². The van der Waals surface area contributed by atoms with Crippen molar-refractivity contribution in [3.8, 4) is 11.4 Å². The van der Waals surface area contributed by atoms with Gasteiger partial charge in [0.05, 0.1) is 0 Å². The summed E-state index contributed by atoms with van der Waals surface area (Å²) in [7, 11) is 0. The van der Waals surface area contributed by atoms with Crippen LogP contribution in [0.15, 0.2) is 30.3 Å². The number of anilines is 1. The van der Waals surface area contributed by atoms with Gasteiger partial charge in [0.2, 0.25) is 0 Å². The second-order valence-electron chi connectivity index (χ2n) is 5.71. The molecule has 4 rings (SSSR count). The number of nitrogens with two attached hydrogens (primary N) is 1. The van der Waals surface area contributed by atoms with Crippen molar-refractivity contribution in [2.45, 2.75) is 37.5 Å². The molecule has 96 valence electrons. The zero-order chi connectivity index (χ0) is 12.8. The Labute approximate surface area is 112 Å². The van der Waals surface area contributed by atoms with E-state index in [9.17, 15) is 0 Å². The first-order valence-electron chi connectivity index (χ1n) is 7.04. The summed E-state index contributed by atoms with van der Waals surface area (Å²) >= 11 is 0. The molecule has 3 heteroatoms. The summed E-state index contributed by atoms with van der Waals surface area (Å²) in [5.41, 5.74) is 9.51. The van der Waals surface area contributed by atoms with Crippen LogP contribution >= 0.6 is 0 Å². The second-order valence-corrected chi connectivity index (χ2v) is 5.71. The van der Waals surface area contributed by atoms with Gasteiger partial charge in [-0.15, -0.1) is 0 Å². The van der Waals surface area contributed by atoms with Crippen molar-refractivity contribution in [1.82, 2.24) is 9.97 Å². The Balaban J connectivity index is 1.69. The first-order chi connectivity index (χ1) is 9.29. The Hall–Kier alpha value is -1.90. The molecule has 0 bridgehead atoms. The van der Waals surface area contributed by atoms with E-state index in [1.54, 1.807) is 0 Å². The molecule has 2 fully saturated rings. The first-order valence-corrected chi connectivity index (χ1v) is 7.04. The normalized spacial score (nSPS) is 18.5. The molecule has 1 heterocycles. The van der Waals surface area contributed by atoms with Gasteiger partial charge < -0.3 is 5.73 Å². The molecule has 0 radical (unpaired) electrons. The van der Waals surface area contributed by atoms with E-state index in [2.05, 4.69) is 34.2 Å². The third kappa shape index (κ3) is 2.21. The minimum atomic E-state index is 0.582. The average molecular weight is 251 g/mol. The largest absolute Gasteiger partial charge is 0.384 e. The highest BCUT2D eigenvalue weighted by Crippen LogP contribution is 2.41. The van der Waals surface area contributed by atoms with Gasteiger partial charge in [-0.3, -0.25) is 0 Å². The molecule has 0 spiro atoms. The fraction of sp³-hybridized carbons (Fsp3) is 0.375. The Morgan fingerprint density at radius 3 is 2.21 bits per heavy atom. The van der Waals surface area contributed by atoms with E-state index in [0.717, 1.165) is 23.0 Å². The zero-order valence-corrected chi connectivity index (χ0v) is 10.8. The second kappa shape index (κ2) is 4.05. The van der Waals surface area contributed by atoms with Crippen molar-refractivity contribution in [2.75, 3.05) is 5.73 Å². The highest BCUT2D eigenvalue weighted by molar-refractivity contribution is 5.58. The van der Waals surface area contributed by atoms with E-state index in [0.29, 0.717) is 11.7 Å². The maximum Gasteiger partial charge on any atom is 0.161 e. The van der Waals surface area contributed by atoms with Gasteiger partial charge in [-0.1, -0.05) is 24.3 Å². The molecule has 0 amide bonds. The van der Waals surface area contributed by atoms with Crippen LogP contribution < -0.4 is 5.73 Å². The number of nitrogen functional groups attached to an aromatic ring is 1. The third-order valence-electron chi connectivity index (χ3n) is 3.98. The number of nitrogens with zero attached hydrogens (tertiary/aromatic N) is 2. The lowest BCUT2D eigenvalue weighted by atomic mass is 10.1. The molecule has 0 unspecified atom stereocenters. The van der Waals surface area contributed by atoms with Gasteiger partial charge >= 0.3 is 0 Å². The third-order valence-corrected chi connectivity index (χ3v) is 3.98. The van der Waals surface area contributed by atoms with Crippen LogP contribution in [-0.4, -0.2) is 9.97 Å². The van der Waals surface area contributed by atoms with Gasteiger partial charge in [-0.05, 0) is 37.2 Å². The van der Waals surface area contributed by atoms with E-state index in [4.69, 9.17) is 5.73 Å².